The van der Waals surface area contributed by atoms with Crippen LogP contribution in [-0.2, 0) is 12.8 Å². The van der Waals surface area contributed by atoms with Crippen LogP contribution in [0.4, 0.5) is 0 Å². The first-order valence-corrected chi connectivity index (χ1v) is 7.07. The molecule has 0 bridgehead atoms. The number of nitrogens with two attached hydrogens (primary N) is 1. The lowest BCUT2D eigenvalue weighted by atomic mass is 9.96. The molecular weight excluding hydrogens is 278 g/mol. The van der Waals surface area contributed by atoms with Gasteiger partial charge < -0.3 is 10.5 Å². The summed E-state index contributed by atoms with van der Waals surface area (Å²) in [6, 6.07) is 4.59. The van der Waals surface area contributed by atoms with Gasteiger partial charge in [0.05, 0.1) is 6.61 Å². The first-order chi connectivity index (χ1) is 8.08. The molecule has 0 spiro atoms. The monoisotopic (exact) mass is 297 g/mol. The Balaban J connectivity index is 2.11. The first-order valence-electron chi connectivity index (χ1n) is 6.27. The average molecular weight is 298 g/mol. The molecule has 17 heavy (non-hydrogen) atoms. The van der Waals surface area contributed by atoms with Gasteiger partial charge in [0, 0.05) is 16.9 Å². The van der Waals surface area contributed by atoms with E-state index in [2.05, 4.69) is 41.9 Å². The number of fused-ring (bicyclic) bond motifs is 1. The summed E-state index contributed by atoms with van der Waals surface area (Å²) in [5.74, 6) is 1.64. The molecule has 94 valence electrons. The molecule has 1 heterocycles. The second kappa shape index (κ2) is 5.40. The highest BCUT2D eigenvalue weighted by Gasteiger charge is 2.18. The fraction of sp³-hybridized carbons (Fsp3) is 0.571. The fourth-order valence-corrected chi connectivity index (χ4v) is 2.74. The van der Waals surface area contributed by atoms with Crippen LogP contribution in [-0.4, -0.2) is 12.6 Å². The summed E-state index contributed by atoms with van der Waals surface area (Å²) in [6.45, 7) is 5.16. The number of ether oxygens (including phenoxy) is 1. The predicted octanol–water partition coefficient (Wildman–Crippen LogP) is 3.30. The fourth-order valence-electron chi connectivity index (χ4n) is 2.19. The van der Waals surface area contributed by atoms with E-state index in [1.54, 1.807) is 0 Å². The van der Waals surface area contributed by atoms with E-state index in [4.69, 9.17) is 10.5 Å². The number of hydrogen-bond donors (Lipinski definition) is 1. The lowest BCUT2D eigenvalue weighted by Gasteiger charge is -2.16. The molecule has 0 aromatic heterocycles. The Bertz CT molecular complexity index is 403. The first kappa shape index (κ1) is 12.9. The van der Waals surface area contributed by atoms with Gasteiger partial charge in [-0.05, 0) is 42.0 Å². The lowest BCUT2D eigenvalue weighted by molar-refractivity contribution is 0.352. The Morgan fingerprint density at radius 1 is 1.41 bits per heavy atom. The van der Waals surface area contributed by atoms with E-state index in [9.17, 15) is 0 Å². The van der Waals surface area contributed by atoms with Crippen LogP contribution >= 0.6 is 15.9 Å². The molecule has 3 heteroatoms. The van der Waals surface area contributed by atoms with Crippen molar-refractivity contribution in [2.24, 2.45) is 11.7 Å². The van der Waals surface area contributed by atoms with Gasteiger partial charge in [0.25, 0.3) is 0 Å². The maximum atomic E-state index is 6.10. The lowest BCUT2D eigenvalue weighted by Crippen LogP contribution is -2.26. The van der Waals surface area contributed by atoms with Crippen LogP contribution in [0, 0.1) is 5.92 Å². The maximum Gasteiger partial charge on any atom is 0.125 e. The van der Waals surface area contributed by atoms with Crippen molar-refractivity contribution in [1.82, 2.24) is 0 Å². The third-order valence-electron chi connectivity index (χ3n) is 3.43. The topological polar surface area (TPSA) is 35.2 Å². The Hall–Kier alpha value is -0.540. The molecule has 0 fully saturated rings. The van der Waals surface area contributed by atoms with Crippen LogP contribution in [0.2, 0.25) is 0 Å². The molecule has 1 aliphatic heterocycles. The molecule has 0 saturated carbocycles. The maximum absolute atomic E-state index is 6.10. The summed E-state index contributed by atoms with van der Waals surface area (Å²) in [7, 11) is 0. The van der Waals surface area contributed by atoms with E-state index in [1.165, 1.54) is 11.1 Å². The van der Waals surface area contributed by atoms with Gasteiger partial charge >= 0.3 is 0 Å². The van der Waals surface area contributed by atoms with Gasteiger partial charge in [-0.15, -0.1) is 0 Å². The van der Waals surface area contributed by atoms with Crippen LogP contribution in [0.15, 0.2) is 16.6 Å². The van der Waals surface area contributed by atoms with Crippen LogP contribution < -0.4 is 10.5 Å². The van der Waals surface area contributed by atoms with Gasteiger partial charge in [0.15, 0.2) is 0 Å². The number of benzene rings is 1. The third kappa shape index (κ3) is 3.02. The number of halogens is 1. The highest BCUT2D eigenvalue weighted by Crippen LogP contribution is 2.33. The van der Waals surface area contributed by atoms with Crippen molar-refractivity contribution in [3.05, 3.63) is 27.7 Å². The Morgan fingerprint density at radius 3 is 2.88 bits per heavy atom. The second-order valence-corrected chi connectivity index (χ2v) is 6.01. The van der Waals surface area contributed by atoms with E-state index in [0.29, 0.717) is 5.92 Å². The Kier molecular flexibility index (Phi) is 4.10. The highest BCUT2D eigenvalue weighted by molar-refractivity contribution is 9.10. The molecule has 1 aromatic carbocycles. The predicted molar refractivity (Wildman–Crippen MR) is 74.5 cm³/mol. The minimum Gasteiger partial charge on any atom is -0.493 e. The zero-order valence-electron chi connectivity index (χ0n) is 10.5. The average Bonchev–Trinajstić information content (AvgIpc) is 2.72. The van der Waals surface area contributed by atoms with Crippen LogP contribution in [0.3, 0.4) is 0 Å². The molecule has 1 aliphatic rings. The summed E-state index contributed by atoms with van der Waals surface area (Å²) in [5.41, 5.74) is 8.72. The van der Waals surface area contributed by atoms with E-state index < -0.39 is 0 Å². The molecule has 0 radical (unpaired) electrons. The summed E-state index contributed by atoms with van der Waals surface area (Å²) in [5, 5.41) is 0. The van der Waals surface area contributed by atoms with Crippen LogP contribution in [0.1, 0.15) is 31.4 Å². The SMILES string of the molecule is CC(C)C(N)CCc1cc(Br)cc2c1OCC2. The Morgan fingerprint density at radius 2 is 2.18 bits per heavy atom. The molecular formula is C14H20BrNO. The minimum atomic E-state index is 0.269. The molecule has 0 aliphatic carbocycles. The van der Waals surface area contributed by atoms with Crippen LogP contribution in [0.25, 0.3) is 0 Å². The van der Waals surface area contributed by atoms with E-state index in [0.717, 1.165) is 36.1 Å². The molecule has 0 amide bonds. The largest absolute Gasteiger partial charge is 0.493 e. The van der Waals surface area contributed by atoms with E-state index in [1.807, 2.05) is 0 Å². The molecule has 0 saturated heterocycles. The van der Waals surface area contributed by atoms with Crippen molar-refractivity contribution in [2.45, 2.75) is 39.2 Å². The van der Waals surface area contributed by atoms with Crippen molar-refractivity contribution in [3.63, 3.8) is 0 Å². The molecule has 2 N–H and O–H groups in total. The molecule has 1 unspecified atom stereocenters. The number of hydrogen-bond acceptors (Lipinski definition) is 2. The molecule has 1 atom stereocenters. The number of aryl methyl sites for hydroxylation is 1. The van der Waals surface area contributed by atoms with Gasteiger partial charge in [-0.1, -0.05) is 29.8 Å². The highest BCUT2D eigenvalue weighted by atomic mass is 79.9. The van der Waals surface area contributed by atoms with Crippen molar-refractivity contribution < 1.29 is 4.74 Å². The molecule has 2 rings (SSSR count). The zero-order valence-corrected chi connectivity index (χ0v) is 12.1. The van der Waals surface area contributed by atoms with Gasteiger partial charge in [0.2, 0.25) is 0 Å². The zero-order chi connectivity index (χ0) is 12.4. The van der Waals surface area contributed by atoms with Crippen molar-refractivity contribution >= 4 is 15.9 Å². The van der Waals surface area contributed by atoms with Crippen molar-refractivity contribution in [3.8, 4) is 5.75 Å². The van der Waals surface area contributed by atoms with Gasteiger partial charge in [-0.3, -0.25) is 0 Å². The standard InChI is InChI=1S/C14H20BrNO/c1-9(2)13(16)4-3-10-7-12(15)8-11-5-6-17-14(10)11/h7-9,13H,3-6,16H2,1-2H3. The smallest absolute Gasteiger partial charge is 0.125 e. The molecule has 2 nitrogen and oxygen atoms in total. The quantitative estimate of drug-likeness (QED) is 0.925. The summed E-state index contributed by atoms with van der Waals surface area (Å²) in [6.07, 6.45) is 3.04. The minimum absolute atomic E-state index is 0.269. The van der Waals surface area contributed by atoms with Crippen molar-refractivity contribution in [2.75, 3.05) is 6.61 Å². The normalized spacial score (nSPS) is 15.8. The number of rotatable bonds is 4. The van der Waals surface area contributed by atoms with Gasteiger partial charge in [-0.2, -0.15) is 0 Å². The Labute approximate surface area is 112 Å². The van der Waals surface area contributed by atoms with Crippen LogP contribution in [0.5, 0.6) is 5.75 Å². The molecule has 1 aromatic rings. The summed E-state index contributed by atoms with van der Waals surface area (Å²) >= 11 is 3.56. The van der Waals surface area contributed by atoms with E-state index in [-0.39, 0.29) is 6.04 Å². The second-order valence-electron chi connectivity index (χ2n) is 5.10. The van der Waals surface area contributed by atoms with Crippen molar-refractivity contribution in [1.29, 1.82) is 0 Å². The summed E-state index contributed by atoms with van der Waals surface area (Å²) < 4.78 is 6.86. The van der Waals surface area contributed by atoms with Gasteiger partial charge in [-0.25, -0.2) is 0 Å². The third-order valence-corrected chi connectivity index (χ3v) is 3.89. The van der Waals surface area contributed by atoms with E-state index >= 15 is 0 Å². The van der Waals surface area contributed by atoms with Gasteiger partial charge in [0.1, 0.15) is 5.75 Å². The summed E-state index contributed by atoms with van der Waals surface area (Å²) in [4.78, 5) is 0.